The van der Waals surface area contributed by atoms with E-state index in [9.17, 15) is 4.79 Å². The first-order valence-electron chi connectivity index (χ1n) is 11.5. The Morgan fingerprint density at radius 3 is 2.49 bits per heavy atom. The zero-order chi connectivity index (χ0) is 26.0. The molecule has 0 radical (unpaired) electrons. The molecule has 0 unspecified atom stereocenters. The summed E-state index contributed by atoms with van der Waals surface area (Å²) in [5.74, 6) is 2.38. The molecular weight excluding hydrogens is 490 g/mol. The molecule has 0 bridgehead atoms. The molecule has 1 aromatic heterocycles. The minimum Gasteiger partial charge on any atom is -0.494 e. The van der Waals surface area contributed by atoms with Crippen LogP contribution in [0.25, 0.3) is 17.1 Å². The minimum absolute atomic E-state index is 0.0938. The van der Waals surface area contributed by atoms with Gasteiger partial charge in [-0.3, -0.25) is 9.36 Å². The number of carbonyl (C=O) groups is 1. The highest BCUT2D eigenvalue weighted by atomic mass is 32.2. The Kier molecular flexibility index (Phi) is 8.77. The summed E-state index contributed by atoms with van der Waals surface area (Å²) in [7, 11) is 3.11. The number of thioether (sulfide) groups is 1. The fraction of sp³-hybridized carbons (Fsp3) is 0.185. The molecule has 0 saturated heterocycles. The predicted molar refractivity (Wildman–Crippen MR) is 144 cm³/mol. The molecule has 4 aromatic rings. The summed E-state index contributed by atoms with van der Waals surface area (Å²) in [6, 6.07) is 22.9. The fourth-order valence-electron chi connectivity index (χ4n) is 3.58. The zero-order valence-electron chi connectivity index (χ0n) is 20.7. The molecule has 10 heteroatoms. The number of para-hydroxylation sites is 1. The molecule has 4 rings (SSSR count). The molecular formula is C27H27N5O4S. The molecule has 0 saturated carbocycles. The number of nitrogens with one attached hydrogen (secondary N) is 1. The SMILES string of the molecule is CCOc1ccc(-n2c(SCC(=O)N/N=C\c3cccc(OC)c3OC)nnc2-c2ccccc2)cc1. The first kappa shape index (κ1) is 25.8. The van der Waals surface area contributed by atoms with Crippen LogP contribution in [0.5, 0.6) is 17.2 Å². The van der Waals surface area contributed by atoms with Crippen molar-refractivity contribution in [3.63, 3.8) is 0 Å². The van der Waals surface area contributed by atoms with Gasteiger partial charge in [-0.15, -0.1) is 10.2 Å². The molecule has 190 valence electrons. The molecule has 0 atom stereocenters. The normalized spacial score (nSPS) is 10.9. The fourth-order valence-corrected chi connectivity index (χ4v) is 4.32. The van der Waals surface area contributed by atoms with Crippen molar-refractivity contribution in [1.29, 1.82) is 0 Å². The van der Waals surface area contributed by atoms with E-state index in [4.69, 9.17) is 14.2 Å². The van der Waals surface area contributed by atoms with Crippen LogP contribution in [0.1, 0.15) is 12.5 Å². The van der Waals surface area contributed by atoms with Crippen LogP contribution in [-0.4, -0.2) is 53.5 Å². The highest BCUT2D eigenvalue weighted by molar-refractivity contribution is 7.99. The monoisotopic (exact) mass is 517 g/mol. The number of hydrogen-bond acceptors (Lipinski definition) is 8. The lowest BCUT2D eigenvalue weighted by Gasteiger charge is -2.11. The van der Waals surface area contributed by atoms with Crippen molar-refractivity contribution in [2.75, 3.05) is 26.6 Å². The van der Waals surface area contributed by atoms with Gasteiger partial charge in [0.05, 0.1) is 32.8 Å². The number of nitrogens with zero attached hydrogens (tertiary/aromatic N) is 4. The molecule has 1 N–H and O–H groups in total. The zero-order valence-corrected chi connectivity index (χ0v) is 21.6. The second-order valence-electron chi connectivity index (χ2n) is 7.60. The van der Waals surface area contributed by atoms with Crippen LogP contribution in [0.2, 0.25) is 0 Å². The Morgan fingerprint density at radius 2 is 1.78 bits per heavy atom. The highest BCUT2D eigenvalue weighted by Gasteiger charge is 2.17. The third-order valence-electron chi connectivity index (χ3n) is 5.23. The topological polar surface area (TPSA) is 99.9 Å². The number of aromatic nitrogens is 3. The smallest absolute Gasteiger partial charge is 0.250 e. The van der Waals surface area contributed by atoms with Crippen molar-refractivity contribution < 1.29 is 19.0 Å². The summed E-state index contributed by atoms with van der Waals surface area (Å²) in [4.78, 5) is 12.5. The maximum Gasteiger partial charge on any atom is 0.250 e. The van der Waals surface area contributed by atoms with E-state index < -0.39 is 0 Å². The minimum atomic E-state index is -0.286. The molecule has 3 aromatic carbocycles. The number of methoxy groups -OCH3 is 2. The van der Waals surface area contributed by atoms with Crippen molar-refractivity contribution in [3.8, 4) is 34.3 Å². The van der Waals surface area contributed by atoms with E-state index in [-0.39, 0.29) is 11.7 Å². The third-order valence-corrected chi connectivity index (χ3v) is 6.16. The first-order valence-corrected chi connectivity index (χ1v) is 12.5. The van der Waals surface area contributed by atoms with Gasteiger partial charge in [0, 0.05) is 16.8 Å². The molecule has 37 heavy (non-hydrogen) atoms. The maximum atomic E-state index is 12.5. The summed E-state index contributed by atoms with van der Waals surface area (Å²) in [5.41, 5.74) is 5.00. The first-order chi connectivity index (χ1) is 18.1. The third kappa shape index (κ3) is 6.28. The molecule has 1 heterocycles. The summed E-state index contributed by atoms with van der Waals surface area (Å²) in [6.45, 7) is 2.53. The predicted octanol–water partition coefficient (Wildman–Crippen LogP) is 4.59. The lowest BCUT2D eigenvalue weighted by atomic mass is 10.2. The standard InChI is InChI=1S/C27H27N5O4S/c1-4-36-22-15-13-21(14-16-22)32-26(19-9-6-5-7-10-19)30-31-27(32)37-18-24(33)29-28-17-20-11-8-12-23(34-2)25(20)35-3/h5-17H,4,18H2,1-3H3,(H,29,33)/b28-17-. The Morgan fingerprint density at radius 1 is 1.00 bits per heavy atom. The number of benzene rings is 3. The second kappa shape index (κ2) is 12.6. The van der Waals surface area contributed by atoms with Crippen LogP contribution in [0.4, 0.5) is 0 Å². The molecule has 0 aliphatic carbocycles. The van der Waals surface area contributed by atoms with Crippen LogP contribution in [-0.2, 0) is 4.79 Å². The average molecular weight is 518 g/mol. The molecule has 9 nitrogen and oxygen atoms in total. The largest absolute Gasteiger partial charge is 0.494 e. The Hall–Kier alpha value is -4.31. The number of rotatable bonds is 11. The Labute approximate surface area is 219 Å². The van der Waals surface area contributed by atoms with Gasteiger partial charge in [-0.2, -0.15) is 5.10 Å². The Balaban J connectivity index is 1.50. The number of hydrogen-bond donors (Lipinski definition) is 1. The van der Waals surface area contributed by atoms with Crippen LogP contribution in [0, 0.1) is 0 Å². The van der Waals surface area contributed by atoms with Crippen LogP contribution in [0.15, 0.2) is 83.1 Å². The summed E-state index contributed by atoms with van der Waals surface area (Å²) < 4.78 is 18.2. The van der Waals surface area contributed by atoms with Gasteiger partial charge in [-0.25, -0.2) is 5.43 Å². The van der Waals surface area contributed by atoms with Crippen molar-refractivity contribution in [3.05, 3.63) is 78.4 Å². The van der Waals surface area contributed by atoms with Gasteiger partial charge in [0.25, 0.3) is 5.91 Å². The van der Waals surface area contributed by atoms with Crippen molar-refractivity contribution >= 4 is 23.9 Å². The van der Waals surface area contributed by atoms with E-state index in [0.717, 1.165) is 17.0 Å². The summed E-state index contributed by atoms with van der Waals surface area (Å²) in [5, 5.41) is 13.4. The van der Waals surface area contributed by atoms with Gasteiger partial charge in [-0.05, 0) is 43.3 Å². The molecule has 0 aliphatic heterocycles. The Bertz CT molecular complexity index is 1360. The number of amides is 1. The van der Waals surface area contributed by atoms with Crippen LogP contribution >= 0.6 is 11.8 Å². The van der Waals surface area contributed by atoms with Gasteiger partial charge in [-0.1, -0.05) is 48.2 Å². The maximum absolute atomic E-state index is 12.5. The summed E-state index contributed by atoms with van der Waals surface area (Å²) in [6.07, 6.45) is 1.51. The van der Waals surface area contributed by atoms with Gasteiger partial charge in [0.2, 0.25) is 0 Å². The lowest BCUT2D eigenvalue weighted by molar-refractivity contribution is -0.118. The van der Waals surface area contributed by atoms with Crippen LogP contribution in [0.3, 0.4) is 0 Å². The number of ether oxygens (including phenoxy) is 3. The van der Waals surface area contributed by atoms with Crippen molar-refractivity contribution in [2.24, 2.45) is 5.10 Å². The second-order valence-corrected chi connectivity index (χ2v) is 8.54. The van der Waals surface area contributed by atoms with E-state index >= 15 is 0 Å². The highest BCUT2D eigenvalue weighted by Crippen LogP contribution is 2.30. The van der Waals surface area contributed by atoms with Gasteiger partial charge in [0.1, 0.15) is 5.75 Å². The quantitative estimate of drug-likeness (QED) is 0.176. The average Bonchev–Trinajstić information content (AvgIpc) is 3.36. The lowest BCUT2D eigenvalue weighted by Crippen LogP contribution is -2.20. The van der Waals surface area contributed by atoms with Gasteiger partial charge >= 0.3 is 0 Å². The van der Waals surface area contributed by atoms with E-state index in [2.05, 4.69) is 20.7 Å². The van der Waals surface area contributed by atoms with E-state index in [1.807, 2.05) is 78.2 Å². The molecule has 0 fully saturated rings. The molecule has 0 aliphatic rings. The van der Waals surface area contributed by atoms with E-state index in [1.165, 1.54) is 18.0 Å². The van der Waals surface area contributed by atoms with Gasteiger partial charge < -0.3 is 14.2 Å². The number of carbonyl (C=O) groups excluding carboxylic acids is 1. The molecule has 1 amide bonds. The van der Waals surface area contributed by atoms with Crippen molar-refractivity contribution in [2.45, 2.75) is 12.1 Å². The van der Waals surface area contributed by atoms with Crippen molar-refractivity contribution in [1.82, 2.24) is 20.2 Å². The van der Waals surface area contributed by atoms with Gasteiger partial charge in [0.15, 0.2) is 22.5 Å². The van der Waals surface area contributed by atoms with Crippen LogP contribution < -0.4 is 19.6 Å². The van der Waals surface area contributed by atoms with E-state index in [1.54, 1.807) is 20.3 Å². The summed E-state index contributed by atoms with van der Waals surface area (Å²) >= 11 is 1.27. The number of hydrazone groups is 1. The van der Waals surface area contributed by atoms with E-state index in [0.29, 0.717) is 34.7 Å². The molecule has 0 spiro atoms.